The Morgan fingerprint density at radius 2 is 2.31 bits per heavy atom. The first-order valence-corrected chi connectivity index (χ1v) is 5.86. The number of amides is 1. The number of carbonyl (C=O) groups excluding carboxylic acids is 1. The van der Waals surface area contributed by atoms with Gasteiger partial charge >= 0.3 is 5.97 Å². The van der Waals surface area contributed by atoms with Crippen molar-refractivity contribution in [3.63, 3.8) is 0 Å². The minimum atomic E-state index is -0.962. The molecule has 2 atom stereocenters. The van der Waals surface area contributed by atoms with Crippen molar-refractivity contribution in [2.24, 2.45) is 5.73 Å². The molecule has 0 bridgehead atoms. The van der Waals surface area contributed by atoms with Gasteiger partial charge < -0.3 is 15.7 Å². The van der Waals surface area contributed by atoms with Crippen LogP contribution < -0.4 is 5.73 Å². The summed E-state index contributed by atoms with van der Waals surface area (Å²) in [6, 6.07) is -0.747. The first-order chi connectivity index (χ1) is 7.56. The average Bonchev–Trinajstić information content (AvgIpc) is 2.52. The number of carbonyl (C=O) groups is 2. The molecule has 92 valence electrons. The van der Waals surface area contributed by atoms with Gasteiger partial charge in [-0.2, -0.15) is 0 Å². The molecule has 16 heavy (non-hydrogen) atoms. The molecular weight excluding hydrogens is 232 g/mol. The Balaban J connectivity index is 2.56. The first kappa shape index (κ1) is 13.3. The van der Waals surface area contributed by atoms with Crippen molar-refractivity contribution in [2.75, 3.05) is 13.1 Å². The number of halogens is 1. The molecule has 1 aliphatic heterocycles. The zero-order valence-electron chi connectivity index (χ0n) is 9.06. The van der Waals surface area contributed by atoms with Gasteiger partial charge in [-0.1, -0.05) is 0 Å². The lowest BCUT2D eigenvalue weighted by Crippen LogP contribution is -2.42. The topological polar surface area (TPSA) is 83.6 Å². The molecule has 1 amide bonds. The van der Waals surface area contributed by atoms with Gasteiger partial charge in [-0.3, -0.25) is 4.79 Å². The Kier molecular flexibility index (Phi) is 5.02. The van der Waals surface area contributed by atoms with Crippen LogP contribution in [-0.2, 0) is 9.59 Å². The molecule has 0 aromatic heterocycles. The molecular formula is C10H17ClN2O3. The number of nitrogens with zero attached hydrogens (tertiary/aromatic N) is 1. The van der Waals surface area contributed by atoms with Crippen LogP contribution in [0.2, 0.25) is 0 Å². The summed E-state index contributed by atoms with van der Waals surface area (Å²) in [5.74, 6) is -1.13. The minimum Gasteiger partial charge on any atom is -0.480 e. The van der Waals surface area contributed by atoms with E-state index < -0.39 is 12.0 Å². The Bertz CT molecular complexity index is 273. The van der Waals surface area contributed by atoms with E-state index in [1.807, 2.05) is 0 Å². The van der Waals surface area contributed by atoms with Gasteiger partial charge in [0.15, 0.2) is 0 Å². The molecule has 0 aromatic carbocycles. The van der Waals surface area contributed by atoms with Crippen LogP contribution in [-0.4, -0.2) is 46.4 Å². The maximum atomic E-state index is 11.5. The number of rotatable bonds is 6. The number of hydrogen-bond acceptors (Lipinski definition) is 3. The van der Waals surface area contributed by atoms with E-state index in [1.165, 1.54) is 4.90 Å². The smallest absolute Gasteiger partial charge is 0.326 e. The molecule has 1 rings (SSSR count). The number of aliphatic carboxylic acids is 1. The monoisotopic (exact) mass is 248 g/mol. The van der Waals surface area contributed by atoms with Gasteiger partial charge in [0, 0.05) is 13.0 Å². The molecule has 1 saturated heterocycles. The molecule has 0 radical (unpaired) electrons. The molecule has 0 spiro atoms. The molecule has 3 N–H and O–H groups in total. The van der Waals surface area contributed by atoms with Crippen molar-refractivity contribution in [1.82, 2.24) is 4.90 Å². The molecule has 1 fully saturated rings. The van der Waals surface area contributed by atoms with Gasteiger partial charge in [0.25, 0.3) is 0 Å². The third-order valence-corrected chi connectivity index (χ3v) is 3.00. The number of nitrogens with two attached hydrogens (primary N) is 1. The lowest BCUT2D eigenvalue weighted by Gasteiger charge is -2.24. The summed E-state index contributed by atoms with van der Waals surface area (Å²) in [4.78, 5) is 24.0. The van der Waals surface area contributed by atoms with Crippen LogP contribution in [0.3, 0.4) is 0 Å². The van der Waals surface area contributed by atoms with Crippen LogP contribution in [0.15, 0.2) is 0 Å². The van der Waals surface area contributed by atoms with Crippen molar-refractivity contribution >= 4 is 23.5 Å². The van der Waals surface area contributed by atoms with Crippen LogP contribution in [0.25, 0.3) is 0 Å². The Morgan fingerprint density at radius 3 is 2.75 bits per heavy atom. The highest BCUT2D eigenvalue weighted by Gasteiger charge is 2.36. The van der Waals surface area contributed by atoms with Crippen molar-refractivity contribution in [3.8, 4) is 0 Å². The highest BCUT2D eigenvalue weighted by molar-refractivity contribution is 6.22. The zero-order chi connectivity index (χ0) is 12.1. The van der Waals surface area contributed by atoms with E-state index in [0.29, 0.717) is 25.9 Å². The lowest BCUT2D eigenvalue weighted by atomic mass is 10.1. The lowest BCUT2D eigenvalue weighted by molar-refractivity contribution is -0.148. The third kappa shape index (κ3) is 3.35. The van der Waals surface area contributed by atoms with E-state index in [2.05, 4.69) is 0 Å². The molecule has 0 saturated carbocycles. The largest absolute Gasteiger partial charge is 0.480 e. The molecule has 1 heterocycles. The number of carboxylic acid groups (broad SMARTS) is 1. The highest BCUT2D eigenvalue weighted by Crippen LogP contribution is 2.21. The fraction of sp³-hybridized carbons (Fsp3) is 0.800. The summed E-state index contributed by atoms with van der Waals surface area (Å²) < 4.78 is 0. The number of alkyl halides is 1. The van der Waals surface area contributed by atoms with Gasteiger partial charge in [-0.25, -0.2) is 4.79 Å². The standard InChI is InChI=1S/C10H17ClN2O3/c11-7-5-9(14)13(6-7)8(10(15)16)3-1-2-4-12/h7-8H,1-6,12H2,(H,15,16). The first-order valence-electron chi connectivity index (χ1n) is 5.42. The Morgan fingerprint density at radius 1 is 1.62 bits per heavy atom. The van der Waals surface area contributed by atoms with Gasteiger partial charge in [0.2, 0.25) is 5.91 Å². The Labute approximate surface area is 99.5 Å². The van der Waals surface area contributed by atoms with E-state index in [-0.39, 0.29) is 17.7 Å². The molecule has 1 aliphatic rings. The highest BCUT2D eigenvalue weighted by atomic mass is 35.5. The van der Waals surface area contributed by atoms with E-state index >= 15 is 0 Å². The van der Waals surface area contributed by atoms with Gasteiger partial charge in [-0.05, 0) is 25.8 Å². The molecule has 0 aliphatic carbocycles. The molecule has 0 aromatic rings. The maximum absolute atomic E-state index is 11.5. The van der Waals surface area contributed by atoms with E-state index in [9.17, 15) is 9.59 Å². The van der Waals surface area contributed by atoms with Crippen molar-refractivity contribution in [1.29, 1.82) is 0 Å². The number of unbranched alkanes of at least 4 members (excludes halogenated alkanes) is 1. The number of carboxylic acids is 1. The van der Waals surface area contributed by atoms with Crippen molar-refractivity contribution in [3.05, 3.63) is 0 Å². The van der Waals surface area contributed by atoms with E-state index in [4.69, 9.17) is 22.4 Å². The normalized spacial score (nSPS) is 22.5. The van der Waals surface area contributed by atoms with E-state index in [1.54, 1.807) is 0 Å². The average molecular weight is 249 g/mol. The predicted molar refractivity (Wildman–Crippen MR) is 60.3 cm³/mol. The predicted octanol–water partition coefficient (Wildman–Crippen LogP) is 0.408. The summed E-state index contributed by atoms with van der Waals surface area (Å²) in [5, 5.41) is 8.81. The summed E-state index contributed by atoms with van der Waals surface area (Å²) in [5.41, 5.74) is 5.34. The summed E-state index contributed by atoms with van der Waals surface area (Å²) >= 11 is 5.84. The number of hydrogen-bond donors (Lipinski definition) is 2. The Hall–Kier alpha value is -0.810. The van der Waals surface area contributed by atoms with Crippen LogP contribution in [0.4, 0.5) is 0 Å². The summed E-state index contributed by atoms with van der Waals surface area (Å²) in [6.07, 6.45) is 2.17. The number of likely N-dealkylation sites (tertiary alicyclic amines) is 1. The summed E-state index contributed by atoms with van der Waals surface area (Å²) in [7, 11) is 0. The van der Waals surface area contributed by atoms with Gasteiger partial charge in [0.1, 0.15) is 6.04 Å². The van der Waals surface area contributed by atoms with Crippen LogP contribution >= 0.6 is 11.6 Å². The maximum Gasteiger partial charge on any atom is 0.326 e. The van der Waals surface area contributed by atoms with Crippen LogP contribution in [0.1, 0.15) is 25.7 Å². The van der Waals surface area contributed by atoms with E-state index in [0.717, 1.165) is 6.42 Å². The molecule has 6 heteroatoms. The quantitative estimate of drug-likeness (QED) is 0.527. The second kappa shape index (κ2) is 6.06. The fourth-order valence-corrected chi connectivity index (χ4v) is 2.16. The SMILES string of the molecule is NCCCCC(C(=O)O)N1CC(Cl)CC1=O. The van der Waals surface area contributed by atoms with Crippen LogP contribution in [0.5, 0.6) is 0 Å². The van der Waals surface area contributed by atoms with Gasteiger partial charge in [-0.15, -0.1) is 11.6 Å². The van der Waals surface area contributed by atoms with Gasteiger partial charge in [0.05, 0.1) is 5.38 Å². The second-order valence-electron chi connectivity index (χ2n) is 3.99. The summed E-state index contributed by atoms with van der Waals surface area (Å²) in [6.45, 7) is 0.873. The zero-order valence-corrected chi connectivity index (χ0v) is 9.82. The second-order valence-corrected chi connectivity index (χ2v) is 4.60. The molecule has 5 nitrogen and oxygen atoms in total. The van der Waals surface area contributed by atoms with Crippen molar-refractivity contribution < 1.29 is 14.7 Å². The molecule has 2 unspecified atom stereocenters. The minimum absolute atomic E-state index is 0.167. The third-order valence-electron chi connectivity index (χ3n) is 2.70. The van der Waals surface area contributed by atoms with Crippen molar-refractivity contribution in [2.45, 2.75) is 37.1 Å². The van der Waals surface area contributed by atoms with Crippen LogP contribution in [0, 0.1) is 0 Å². The fourth-order valence-electron chi connectivity index (χ4n) is 1.88.